The van der Waals surface area contributed by atoms with Gasteiger partial charge in [-0.25, -0.2) is 9.97 Å². The van der Waals surface area contributed by atoms with E-state index in [1.165, 1.54) is 0 Å². The zero-order valence-electron chi connectivity index (χ0n) is 16.2. The SMILES string of the molecule is Cc1ccc(NC(=O)c2cc(NCCN3CCOCC3)nc(C)n2)c(C)c1. The second kappa shape index (κ2) is 8.92. The highest BCUT2D eigenvalue weighted by Crippen LogP contribution is 2.17. The van der Waals surface area contributed by atoms with Crippen molar-refractivity contribution in [3.05, 3.63) is 46.9 Å². The van der Waals surface area contributed by atoms with E-state index in [4.69, 9.17) is 4.74 Å². The van der Waals surface area contributed by atoms with Gasteiger partial charge in [-0.2, -0.15) is 0 Å². The van der Waals surface area contributed by atoms with Gasteiger partial charge >= 0.3 is 0 Å². The van der Waals surface area contributed by atoms with Gasteiger partial charge in [0, 0.05) is 37.9 Å². The molecule has 144 valence electrons. The summed E-state index contributed by atoms with van der Waals surface area (Å²) in [7, 11) is 0. The Morgan fingerprint density at radius 3 is 2.67 bits per heavy atom. The van der Waals surface area contributed by atoms with Gasteiger partial charge in [-0.3, -0.25) is 9.69 Å². The lowest BCUT2D eigenvalue weighted by Crippen LogP contribution is -2.39. The minimum absolute atomic E-state index is 0.233. The summed E-state index contributed by atoms with van der Waals surface area (Å²) < 4.78 is 5.36. The third-order valence-electron chi connectivity index (χ3n) is 4.54. The first kappa shape index (κ1) is 19.3. The minimum Gasteiger partial charge on any atom is -0.379 e. The monoisotopic (exact) mass is 369 g/mol. The van der Waals surface area contributed by atoms with Gasteiger partial charge < -0.3 is 15.4 Å². The highest BCUT2D eigenvalue weighted by molar-refractivity contribution is 6.03. The van der Waals surface area contributed by atoms with Crippen LogP contribution in [0, 0.1) is 20.8 Å². The van der Waals surface area contributed by atoms with E-state index in [1.807, 2.05) is 32.0 Å². The van der Waals surface area contributed by atoms with Gasteiger partial charge in [0.1, 0.15) is 17.3 Å². The zero-order chi connectivity index (χ0) is 19.2. The molecule has 0 unspecified atom stereocenters. The average Bonchev–Trinajstić information content (AvgIpc) is 2.64. The summed E-state index contributed by atoms with van der Waals surface area (Å²) in [4.78, 5) is 23.6. The van der Waals surface area contributed by atoms with Crippen molar-refractivity contribution in [2.45, 2.75) is 20.8 Å². The average molecular weight is 369 g/mol. The van der Waals surface area contributed by atoms with E-state index in [0.717, 1.165) is 56.2 Å². The predicted molar refractivity (Wildman–Crippen MR) is 106 cm³/mol. The second-order valence-electron chi connectivity index (χ2n) is 6.84. The summed E-state index contributed by atoms with van der Waals surface area (Å²) in [5, 5.41) is 6.23. The zero-order valence-corrected chi connectivity index (χ0v) is 16.2. The molecule has 0 spiro atoms. The Hall–Kier alpha value is -2.51. The summed E-state index contributed by atoms with van der Waals surface area (Å²) in [5.41, 5.74) is 3.34. The molecule has 2 N–H and O–H groups in total. The van der Waals surface area contributed by atoms with Crippen molar-refractivity contribution in [3.63, 3.8) is 0 Å². The first-order valence-electron chi connectivity index (χ1n) is 9.29. The van der Waals surface area contributed by atoms with Crippen molar-refractivity contribution in [1.82, 2.24) is 14.9 Å². The van der Waals surface area contributed by atoms with Crippen molar-refractivity contribution >= 4 is 17.4 Å². The predicted octanol–water partition coefficient (Wildman–Crippen LogP) is 2.40. The number of carbonyl (C=O) groups excluding carboxylic acids is 1. The van der Waals surface area contributed by atoms with E-state index in [2.05, 4.69) is 25.5 Å². The number of hydrogen-bond donors (Lipinski definition) is 2. The van der Waals surface area contributed by atoms with Crippen molar-refractivity contribution in [1.29, 1.82) is 0 Å². The van der Waals surface area contributed by atoms with Crippen molar-refractivity contribution in [3.8, 4) is 0 Å². The van der Waals surface area contributed by atoms with Gasteiger partial charge in [-0.05, 0) is 32.4 Å². The van der Waals surface area contributed by atoms with E-state index in [-0.39, 0.29) is 5.91 Å². The van der Waals surface area contributed by atoms with Crippen molar-refractivity contribution in [2.24, 2.45) is 0 Å². The number of ether oxygens (including phenoxy) is 1. The van der Waals surface area contributed by atoms with Gasteiger partial charge in [0.25, 0.3) is 5.91 Å². The number of rotatable bonds is 6. The Morgan fingerprint density at radius 1 is 1.15 bits per heavy atom. The van der Waals surface area contributed by atoms with Crippen LogP contribution in [-0.2, 0) is 4.74 Å². The molecule has 1 fully saturated rings. The summed E-state index contributed by atoms with van der Waals surface area (Å²) in [6, 6.07) is 7.63. The molecule has 1 aromatic carbocycles. The van der Waals surface area contributed by atoms with Crippen LogP contribution in [-0.4, -0.2) is 60.2 Å². The van der Waals surface area contributed by atoms with E-state index >= 15 is 0 Å². The Balaban J connectivity index is 1.62. The lowest BCUT2D eigenvalue weighted by atomic mass is 10.1. The number of morpholine rings is 1. The molecule has 1 saturated heterocycles. The molecule has 0 aliphatic carbocycles. The number of carbonyl (C=O) groups is 1. The van der Waals surface area contributed by atoms with Gasteiger partial charge in [0.2, 0.25) is 0 Å². The number of nitrogens with one attached hydrogen (secondary N) is 2. The third kappa shape index (κ3) is 5.48. The van der Waals surface area contributed by atoms with Crippen molar-refractivity contribution in [2.75, 3.05) is 50.0 Å². The molecule has 1 aromatic heterocycles. The number of nitrogens with zero attached hydrogens (tertiary/aromatic N) is 3. The maximum Gasteiger partial charge on any atom is 0.274 e. The molecule has 0 saturated carbocycles. The van der Waals surface area contributed by atoms with E-state index in [0.29, 0.717) is 17.3 Å². The van der Waals surface area contributed by atoms with E-state index in [9.17, 15) is 4.79 Å². The fourth-order valence-corrected chi connectivity index (χ4v) is 3.08. The highest BCUT2D eigenvalue weighted by Gasteiger charge is 2.13. The molecule has 7 heteroatoms. The van der Waals surface area contributed by atoms with Gasteiger partial charge in [0.15, 0.2) is 0 Å². The molecule has 7 nitrogen and oxygen atoms in total. The Bertz CT molecular complexity index is 803. The molecule has 27 heavy (non-hydrogen) atoms. The number of aryl methyl sites for hydroxylation is 3. The molecule has 2 heterocycles. The van der Waals surface area contributed by atoms with Crippen LogP contribution in [0.1, 0.15) is 27.4 Å². The molecule has 1 amide bonds. The van der Waals surface area contributed by atoms with Crippen molar-refractivity contribution < 1.29 is 9.53 Å². The molecule has 0 radical (unpaired) electrons. The fourth-order valence-electron chi connectivity index (χ4n) is 3.08. The maximum atomic E-state index is 12.6. The third-order valence-corrected chi connectivity index (χ3v) is 4.54. The largest absolute Gasteiger partial charge is 0.379 e. The second-order valence-corrected chi connectivity index (χ2v) is 6.84. The summed E-state index contributed by atoms with van der Waals surface area (Å²) >= 11 is 0. The van der Waals surface area contributed by atoms with Crippen LogP contribution in [0.15, 0.2) is 24.3 Å². The first-order valence-corrected chi connectivity index (χ1v) is 9.29. The molecule has 1 aliphatic rings. The lowest BCUT2D eigenvalue weighted by Gasteiger charge is -2.26. The Morgan fingerprint density at radius 2 is 1.93 bits per heavy atom. The van der Waals surface area contributed by atoms with E-state index in [1.54, 1.807) is 13.0 Å². The molecular formula is C20H27N5O2. The number of anilines is 2. The van der Waals surface area contributed by atoms with Crippen LogP contribution in [0.4, 0.5) is 11.5 Å². The molecule has 1 aliphatic heterocycles. The summed E-state index contributed by atoms with van der Waals surface area (Å²) in [5.74, 6) is 1.00. The Kier molecular flexibility index (Phi) is 6.36. The molecule has 0 atom stereocenters. The van der Waals surface area contributed by atoms with Gasteiger partial charge in [-0.15, -0.1) is 0 Å². The fraction of sp³-hybridized carbons (Fsp3) is 0.450. The first-order chi connectivity index (χ1) is 13.0. The maximum absolute atomic E-state index is 12.6. The van der Waals surface area contributed by atoms with Gasteiger partial charge in [0.05, 0.1) is 13.2 Å². The van der Waals surface area contributed by atoms with Crippen LogP contribution in [0.2, 0.25) is 0 Å². The molecular weight excluding hydrogens is 342 g/mol. The van der Waals surface area contributed by atoms with Crippen LogP contribution in [0.3, 0.4) is 0 Å². The number of hydrogen-bond acceptors (Lipinski definition) is 6. The summed E-state index contributed by atoms with van der Waals surface area (Å²) in [6.45, 7) is 11.0. The Labute approximate surface area is 160 Å². The van der Waals surface area contributed by atoms with Crippen LogP contribution < -0.4 is 10.6 Å². The number of amides is 1. The van der Waals surface area contributed by atoms with Gasteiger partial charge in [-0.1, -0.05) is 17.7 Å². The number of benzene rings is 1. The van der Waals surface area contributed by atoms with Crippen LogP contribution in [0.5, 0.6) is 0 Å². The standard InChI is InChI=1S/C20H27N5O2/c1-14-4-5-17(15(2)12-14)24-20(26)18-13-19(23-16(3)22-18)21-6-7-25-8-10-27-11-9-25/h4-5,12-13H,6-11H2,1-3H3,(H,24,26)(H,21,22,23). The quantitative estimate of drug-likeness (QED) is 0.814. The highest BCUT2D eigenvalue weighted by atomic mass is 16.5. The van der Waals surface area contributed by atoms with Crippen LogP contribution >= 0.6 is 0 Å². The summed E-state index contributed by atoms with van der Waals surface area (Å²) in [6.07, 6.45) is 0. The normalized spacial score (nSPS) is 14.8. The lowest BCUT2D eigenvalue weighted by molar-refractivity contribution is 0.0398. The number of aromatic nitrogens is 2. The minimum atomic E-state index is -0.233. The molecule has 0 bridgehead atoms. The van der Waals surface area contributed by atoms with E-state index < -0.39 is 0 Å². The topological polar surface area (TPSA) is 79.4 Å². The van der Waals surface area contributed by atoms with Crippen LogP contribution in [0.25, 0.3) is 0 Å². The smallest absolute Gasteiger partial charge is 0.274 e. The molecule has 3 rings (SSSR count). The molecule has 2 aromatic rings.